The summed E-state index contributed by atoms with van der Waals surface area (Å²) in [5.41, 5.74) is 1.78. The van der Waals surface area contributed by atoms with Crippen LogP contribution in [0.5, 0.6) is 5.75 Å². The minimum absolute atomic E-state index is 0.00575. The Labute approximate surface area is 189 Å². The van der Waals surface area contributed by atoms with E-state index in [9.17, 15) is 9.18 Å². The van der Waals surface area contributed by atoms with Crippen LogP contribution in [0.3, 0.4) is 0 Å². The first-order chi connectivity index (χ1) is 15.9. The number of rotatable bonds is 5. The Hall–Kier alpha value is -3.37. The van der Waals surface area contributed by atoms with Crippen molar-refractivity contribution in [3.05, 3.63) is 64.2 Å². The van der Waals surface area contributed by atoms with Gasteiger partial charge in [0.1, 0.15) is 23.5 Å². The maximum absolute atomic E-state index is 14.6. The van der Waals surface area contributed by atoms with E-state index in [2.05, 4.69) is 33.8 Å². The Kier molecular flexibility index (Phi) is 5.55. The molecule has 1 aromatic carbocycles. The summed E-state index contributed by atoms with van der Waals surface area (Å²) in [5, 5.41) is 4.78. The highest BCUT2D eigenvalue weighted by atomic mass is 19.1. The van der Waals surface area contributed by atoms with Gasteiger partial charge in [0.05, 0.1) is 31.2 Å². The van der Waals surface area contributed by atoms with Gasteiger partial charge in [0.25, 0.3) is 0 Å². The topological polar surface area (TPSA) is 86.8 Å². The van der Waals surface area contributed by atoms with Crippen molar-refractivity contribution in [1.82, 2.24) is 29.0 Å². The van der Waals surface area contributed by atoms with Gasteiger partial charge in [-0.1, -0.05) is 6.07 Å². The van der Waals surface area contributed by atoms with Crippen LogP contribution in [-0.4, -0.2) is 61.5 Å². The van der Waals surface area contributed by atoms with Crippen LogP contribution in [0.2, 0.25) is 0 Å². The van der Waals surface area contributed by atoms with Crippen molar-refractivity contribution in [2.24, 2.45) is 0 Å². The van der Waals surface area contributed by atoms with Crippen molar-refractivity contribution in [3.63, 3.8) is 0 Å². The Bertz CT molecular complexity index is 1370. The number of methoxy groups -OCH3 is 1. The highest BCUT2D eigenvalue weighted by Gasteiger charge is 2.23. The lowest BCUT2D eigenvalue weighted by Gasteiger charge is -2.35. The monoisotopic (exact) mass is 452 g/mol. The van der Waals surface area contributed by atoms with E-state index in [-0.39, 0.29) is 18.8 Å². The number of hydrogen-bond donors (Lipinski definition) is 0. The number of benzene rings is 1. The Morgan fingerprint density at radius 3 is 2.64 bits per heavy atom. The van der Waals surface area contributed by atoms with Gasteiger partial charge in [0, 0.05) is 37.5 Å². The quantitative estimate of drug-likeness (QED) is 0.459. The van der Waals surface area contributed by atoms with Crippen LogP contribution in [0.25, 0.3) is 16.7 Å². The lowest BCUT2D eigenvalue weighted by Crippen LogP contribution is -2.44. The van der Waals surface area contributed by atoms with E-state index in [1.54, 1.807) is 18.3 Å². The molecule has 0 bridgehead atoms. The molecule has 5 rings (SSSR count). The van der Waals surface area contributed by atoms with E-state index in [4.69, 9.17) is 9.47 Å². The molecule has 3 aromatic heterocycles. The number of hydrogen-bond acceptors (Lipinski definition) is 7. The van der Waals surface area contributed by atoms with E-state index < -0.39 is 11.5 Å². The molecule has 2 unspecified atom stereocenters. The standard InChI is InChI=1S/C23H25FN6O3/c1-14-9-28(10-15(2)33-14)11-16-6-19-21(25-8-16)29(23(31)30-22(19)26-13-27-30)12-17-4-5-18(32-3)7-20(17)24/h4-8,13-15H,9-12H2,1-3H3. The molecule has 0 amide bonds. The molecular formula is C23H25FN6O3. The van der Waals surface area contributed by atoms with Gasteiger partial charge in [-0.2, -0.15) is 9.61 Å². The third-order valence-corrected chi connectivity index (χ3v) is 5.87. The Morgan fingerprint density at radius 1 is 1.12 bits per heavy atom. The highest BCUT2D eigenvalue weighted by Crippen LogP contribution is 2.22. The third-order valence-electron chi connectivity index (χ3n) is 5.87. The summed E-state index contributed by atoms with van der Waals surface area (Å²) in [5.74, 6) is -0.0463. The molecule has 0 N–H and O–H groups in total. The average molecular weight is 452 g/mol. The predicted molar refractivity (Wildman–Crippen MR) is 120 cm³/mol. The Morgan fingerprint density at radius 2 is 1.91 bits per heavy atom. The molecule has 10 heteroatoms. The van der Waals surface area contributed by atoms with Gasteiger partial charge < -0.3 is 9.47 Å². The van der Waals surface area contributed by atoms with E-state index in [0.29, 0.717) is 34.5 Å². The summed E-state index contributed by atoms with van der Waals surface area (Å²) in [6.45, 7) is 6.51. The maximum atomic E-state index is 14.6. The molecule has 4 heterocycles. The van der Waals surface area contributed by atoms with Crippen LogP contribution in [0.4, 0.5) is 4.39 Å². The van der Waals surface area contributed by atoms with Crippen molar-refractivity contribution in [1.29, 1.82) is 0 Å². The number of morpholine rings is 1. The zero-order valence-corrected chi connectivity index (χ0v) is 18.7. The average Bonchev–Trinajstić information content (AvgIpc) is 3.27. The van der Waals surface area contributed by atoms with Crippen molar-refractivity contribution >= 4 is 16.7 Å². The van der Waals surface area contributed by atoms with E-state index >= 15 is 0 Å². The fourth-order valence-corrected chi connectivity index (χ4v) is 4.50. The smallest absolute Gasteiger partial charge is 0.352 e. The van der Waals surface area contributed by atoms with Crippen LogP contribution in [0.1, 0.15) is 25.0 Å². The van der Waals surface area contributed by atoms with E-state index in [1.165, 1.54) is 28.6 Å². The zero-order chi connectivity index (χ0) is 23.1. The summed E-state index contributed by atoms with van der Waals surface area (Å²) in [6, 6.07) is 6.55. The molecular weight excluding hydrogens is 427 g/mol. The maximum Gasteiger partial charge on any atom is 0.352 e. The largest absolute Gasteiger partial charge is 0.497 e. The van der Waals surface area contributed by atoms with Gasteiger partial charge in [0.2, 0.25) is 0 Å². The normalized spacial score (nSPS) is 19.4. The van der Waals surface area contributed by atoms with Crippen molar-refractivity contribution in [3.8, 4) is 5.75 Å². The molecule has 0 aliphatic carbocycles. The van der Waals surface area contributed by atoms with E-state index in [0.717, 1.165) is 18.7 Å². The van der Waals surface area contributed by atoms with Crippen molar-refractivity contribution in [2.75, 3.05) is 20.2 Å². The number of nitrogens with zero attached hydrogens (tertiary/aromatic N) is 6. The zero-order valence-electron chi connectivity index (χ0n) is 18.7. The summed E-state index contributed by atoms with van der Waals surface area (Å²) in [7, 11) is 1.48. The molecule has 0 saturated carbocycles. The minimum atomic E-state index is -0.458. The second-order valence-corrected chi connectivity index (χ2v) is 8.49. The number of pyridine rings is 1. The fraction of sp³-hybridized carbons (Fsp3) is 0.391. The number of fused-ring (bicyclic) bond motifs is 3. The van der Waals surface area contributed by atoms with E-state index in [1.807, 2.05) is 6.07 Å². The number of aromatic nitrogens is 5. The summed E-state index contributed by atoms with van der Waals surface area (Å²) < 4.78 is 28.2. The minimum Gasteiger partial charge on any atom is -0.497 e. The molecule has 2 atom stereocenters. The lowest BCUT2D eigenvalue weighted by molar-refractivity contribution is -0.0705. The van der Waals surface area contributed by atoms with Gasteiger partial charge >= 0.3 is 5.69 Å². The van der Waals surface area contributed by atoms with Gasteiger partial charge in [-0.15, -0.1) is 0 Å². The lowest BCUT2D eigenvalue weighted by atomic mass is 10.1. The summed E-state index contributed by atoms with van der Waals surface area (Å²) >= 11 is 0. The Balaban J connectivity index is 1.57. The molecule has 1 aliphatic heterocycles. The molecule has 1 aliphatic rings. The highest BCUT2D eigenvalue weighted by molar-refractivity contribution is 5.89. The van der Waals surface area contributed by atoms with Crippen LogP contribution in [0.15, 0.2) is 41.6 Å². The van der Waals surface area contributed by atoms with Crippen molar-refractivity contribution in [2.45, 2.75) is 39.1 Å². The van der Waals surface area contributed by atoms with Gasteiger partial charge in [-0.3, -0.25) is 9.47 Å². The summed E-state index contributed by atoms with van der Waals surface area (Å²) in [4.78, 5) is 24.3. The number of halogens is 1. The first-order valence-corrected chi connectivity index (χ1v) is 10.8. The molecule has 4 aromatic rings. The summed E-state index contributed by atoms with van der Waals surface area (Å²) in [6.07, 6.45) is 3.43. The molecule has 0 radical (unpaired) electrons. The van der Waals surface area contributed by atoms with Gasteiger partial charge in [0.15, 0.2) is 5.65 Å². The second-order valence-electron chi connectivity index (χ2n) is 8.49. The number of ether oxygens (including phenoxy) is 2. The molecule has 172 valence electrons. The van der Waals surface area contributed by atoms with Crippen LogP contribution in [-0.2, 0) is 17.8 Å². The predicted octanol–water partition coefficient (Wildman–Crippen LogP) is 2.24. The second kappa shape index (κ2) is 8.53. The van der Waals surface area contributed by atoms with Gasteiger partial charge in [-0.05, 0) is 31.5 Å². The molecule has 33 heavy (non-hydrogen) atoms. The molecule has 1 fully saturated rings. The fourth-order valence-electron chi connectivity index (χ4n) is 4.50. The molecule has 9 nitrogen and oxygen atoms in total. The van der Waals surface area contributed by atoms with Crippen molar-refractivity contribution < 1.29 is 13.9 Å². The van der Waals surface area contributed by atoms with Crippen LogP contribution < -0.4 is 10.4 Å². The third kappa shape index (κ3) is 4.07. The van der Waals surface area contributed by atoms with Crippen LogP contribution in [0, 0.1) is 5.82 Å². The van der Waals surface area contributed by atoms with Crippen LogP contribution >= 0.6 is 0 Å². The first-order valence-electron chi connectivity index (χ1n) is 10.8. The SMILES string of the molecule is COc1ccc(Cn2c(=O)n3ncnc3c3cc(CN4CC(C)OC(C)C4)cnc32)c(F)c1. The first kappa shape index (κ1) is 21.5. The molecule has 0 spiro atoms. The van der Waals surface area contributed by atoms with Gasteiger partial charge in [-0.25, -0.2) is 19.2 Å². The molecule has 1 saturated heterocycles.